The number of aromatic nitrogens is 1. The number of amides is 1. The number of benzene rings is 2. The molecule has 208 valence electrons. The SMILES string of the molecule is CC(C)N(CC(=O)N(Cc1cccn1Cc1ccccc1Cl)C1CCCCC1)S(=O)(=O)C=Cc1ccccc1. The minimum Gasteiger partial charge on any atom is -0.345 e. The number of carbonyl (C=O) groups is 1. The highest BCUT2D eigenvalue weighted by Crippen LogP contribution is 2.26. The third-order valence-electron chi connectivity index (χ3n) is 7.32. The van der Waals surface area contributed by atoms with Crippen molar-refractivity contribution in [3.8, 4) is 0 Å². The van der Waals surface area contributed by atoms with E-state index in [9.17, 15) is 13.2 Å². The fraction of sp³-hybridized carbons (Fsp3) is 0.387. The smallest absolute Gasteiger partial charge is 0.238 e. The number of hydrogen-bond donors (Lipinski definition) is 0. The Morgan fingerprint density at radius 2 is 1.69 bits per heavy atom. The van der Waals surface area contributed by atoms with E-state index in [1.807, 2.05) is 77.8 Å². The zero-order valence-corrected chi connectivity index (χ0v) is 24.3. The number of hydrogen-bond acceptors (Lipinski definition) is 3. The molecular formula is C31H38ClN3O3S. The largest absolute Gasteiger partial charge is 0.345 e. The Kier molecular flexibility index (Phi) is 10.1. The van der Waals surface area contributed by atoms with Gasteiger partial charge in [-0.05, 0) is 62.1 Å². The van der Waals surface area contributed by atoms with Gasteiger partial charge in [0, 0.05) is 40.9 Å². The first-order valence-electron chi connectivity index (χ1n) is 13.7. The van der Waals surface area contributed by atoms with Crippen molar-refractivity contribution in [3.05, 3.63) is 100 Å². The first-order valence-corrected chi connectivity index (χ1v) is 15.5. The van der Waals surface area contributed by atoms with E-state index < -0.39 is 10.0 Å². The maximum atomic E-state index is 13.9. The van der Waals surface area contributed by atoms with E-state index in [4.69, 9.17) is 11.6 Å². The second-order valence-electron chi connectivity index (χ2n) is 10.4. The van der Waals surface area contributed by atoms with E-state index in [0.717, 1.165) is 48.9 Å². The molecule has 1 heterocycles. The van der Waals surface area contributed by atoms with Crippen LogP contribution in [0.5, 0.6) is 0 Å². The van der Waals surface area contributed by atoms with Crippen LogP contribution in [-0.2, 0) is 27.9 Å². The van der Waals surface area contributed by atoms with Crippen molar-refractivity contribution in [2.45, 2.75) is 71.1 Å². The second-order valence-corrected chi connectivity index (χ2v) is 12.6. The van der Waals surface area contributed by atoms with Gasteiger partial charge in [0.25, 0.3) is 0 Å². The summed E-state index contributed by atoms with van der Waals surface area (Å²) in [5, 5.41) is 1.91. The van der Waals surface area contributed by atoms with Gasteiger partial charge < -0.3 is 9.47 Å². The first-order chi connectivity index (χ1) is 18.7. The molecule has 0 saturated heterocycles. The summed E-state index contributed by atoms with van der Waals surface area (Å²) >= 11 is 6.42. The zero-order chi connectivity index (χ0) is 27.8. The highest BCUT2D eigenvalue weighted by atomic mass is 35.5. The van der Waals surface area contributed by atoms with E-state index in [-0.39, 0.29) is 24.5 Å². The van der Waals surface area contributed by atoms with Gasteiger partial charge in [-0.3, -0.25) is 4.79 Å². The Morgan fingerprint density at radius 3 is 2.38 bits per heavy atom. The molecule has 8 heteroatoms. The molecule has 1 aromatic heterocycles. The lowest BCUT2D eigenvalue weighted by atomic mass is 9.94. The summed E-state index contributed by atoms with van der Waals surface area (Å²) in [6.45, 7) is 4.45. The molecule has 1 amide bonds. The van der Waals surface area contributed by atoms with Crippen LogP contribution in [-0.4, -0.2) is 46.7 Å². The molecule has 4 rings (SSSR count). The molecule has 0 spiro atoms. The molecule has 0 bridgehead atoms. The summed E-state index contributed by atoms with van der Waals surface area (Å²) < 4.78 is 30.1. The van der Waals surface area contributed by atoms with E-state index in [1.165, 1.54) is 9.71 Å². The topological polar surface area (TPSA) is 62.6 Å². The summed E-state index contributed by atoms with van der Waals surface area (Å²) in [6.07, 6.45) is 8.75. The van der Waals surface area contributed by atoms with Crippen LogP contribution in [0.15, 0.2) is 78.3 Å². The van der Waals surface area contributed by atoms with Crippen LogP contribution in [0.25, 0.3) is 6.08 Å². The van der Waals surface area contributed by atoms with Crippen LogP contribution in [0.4, 0.5) is 0 Å². The van der Waals surface area contributed by atoms with Crippen molar-refractivity contribution in [2.24, 2.45) is 0 Å². The van der Waals surface area contributed by atoms with Gasteiger partial charge in [0.15, 0.2) is 0 Å². The number of halogens is 1. The van der Waals surface area contributed by atoms with Gasteiger partial charge in [0.2, 0.25) is 15.9 Å². The maximum Gasteiger partial charge on any atom is 0.238 e. The average Bonchev–Trinajstić information content (AvgIpc) is 3.37. The number of carbonyl (C=O) groups excluding carboxylic acids is 1. The molecule has 0 aliphatic heterocycles. The van der Waals surface area contributed by atoms with Crippen LogP contribution in [0.1, 0.15) is 62.8 Å². The molecule has 1 aliphatic carbocycles. The van der Waals surface area contributed by atoms with Crippen LogP contribution in [0, 0.1) is 0 Å². The van der Waals surface area contributed by atoms with E-state index in [0.29, 0.717) is 18.1 Å². The highest BCUT2D eigenvalue weighted by molar-refractivity contribution is 7.92. The monoisotopic (exact) mass is 567 g/mol. The third kappa shape index (κ3) is 7.84. The van der Waals surface area contributed by atoms with E-state index in [1.54, 1.807) is 19.9 Å². The predicted molar refractivity (Wildman–Crippen MR) is 159 cm³/mol. The molecule has 1 saturated carbocycles. The maximum absolute atomic E-state index is 13.9. The first kappa shape index (κ1) is 29.1. The van der Waals surface area contributed by atoms with E-state index >= 15 is 0 Å². The molecule has 0 atom stereocenters. The van der Waals surface area contributed by atoms with Gasteiger partial charge >= 0.3 is 0 Å². The Balaban J connectivity index is 1.56. The van der Waals surface area contributed by atoms with Gasteiger partial charge in [0.1, 0.15) is 0 Å². The highest BCUT2D eigenvalue weighted by Gasteiger charge is 2.31. The fourth-order valence-corrected chi connectivity index (χ4v) is 6.70. The number of nitrogens with zero attached hydrogens (tertiary/aromatic N) is 3. The van der Waals surface area contributed by atoms with Gasteiger partial charge in [-0.15, -0.1) is 0 Å². The molecule has 6 nitrogen and oxygen atoms in total. The van der Waals surface area contributed by atoms with E-state index in [2.05, 4.69) is 4.57 Å². The molecule has 2 aromatic carbocycles. The summed E-state index contributed by atoms with van der Waals surface area (Å²) in [6, 6.07) is 20.8. The number of rotatable bonds is 11. The standard InChI is InChI=1S/C31H38ClN3O3S/c1-25(2)35(39(37,38)21-19-26-12-5-3-6-13-26)24-31(36)34(28-15-7-4-8-16-28)23-29-17-11-20-33(29)22-27-14-9-10-18-30(27)32/h3,5-6,9-14,17-21,25,28H,4,7-8,15-16,22-24H2,1-2H3. The molecule has 0 radical (unpaired) electrons. The van der Waals surface area contributed by atoms with Crippen molar-refractivity contribution >= 4 is 33.6 Å². The zero-order valence-electron chi connectivity index (χ0n) is 22.7. The van der Waals surface area contributed by atoms with Gasteiger partial charge in [-0.25, -0.2) is 8.42 Å². The Hall–Kier alpha value is -2.87. The molecule has 0 unspecified atom stereocenters. The van der Waals surface area contributed by atoms with Crippen molar-refractivity contribution in [1.29, 1.82) is 0 Å². The second kappa shape index (κ2) is 13.5. The van der Waals surface area contributed by atoms with Crippen molar-refractivity contribution in [2.75, 3.05) is 6.54 Å². The van der Waals surface area contributed by atoms with Crippen molar-refractivity contribution in [1.82, 2.24) is 13.8 Å². The molecular weight excluding hydrogens is 530 g/mol. The Morgan fingerprint density at radius 1 is 1.00 bits per heavy atom. The lowest BCUT2D eigenvalue weighted by Crippen LogP contribution is -2.48. The van der Waals surface area contributed by atoms with Crippen molar-refractivity contribution < 1.29 is 13.2 Å². The lowest BCUT2D eigenvalue weighted by Gasteiger charge is -2.36. The minimum absolute atomic E-state index is 0.0893. The van der Waals surface area contributed by atoms with Crippen molar-refractivity contribution in [3.63, 3.8) is 0 Å². The molecule has 1 fully saturated rings. The predicted octanol–water partition coefficient (Wildman–Crippen LogP) is 6.56. The van der Waals surface area contributed by atoms with Crippen LogP contribution >= 0.6 is 11.6 Å². The Labute approximate surface area is 237 Å². The summed E-state index contributed by atoms with van der Waals surface area (Å²) in [7, 11) is -3.81. The Bertz CT molecular complexity index is 1360. The summed E-state index contributed by atoms with van der Waals surface area (Å²) in [4.78, 5) is 15.8. The van der Waals surface area contributed by atoms with Gasteiger partial charge in [0.05, 0.1) is 13.1 Å². The minimum atomic E-state index is -3.81. The van der Waals surface area contributed by atoms with Gasteiger partial charge in [-0.2, -0.15) is 4.31 Å². The summed E-state index contributed by atoms with van der Waals surface area (Å²) in [5.74, 6) is -0.169. The summed E-state index contributed by atoms with van der Waals surface area (Å²) in [5.41, 5.74) is 2.80. The average molecular weight is 568 g/mol. The third-order valence-corrected chi connectivity index (χ3v) is 9.37. The molecule has 0 N–H and O–H groups in total. The van der Waals surface area contributed by atoms with Crippen LogP contribution in [0.3, 0.4) is 0 Å². The van der Waals surface area contributed by atoms with Crippen LogP contribution in [0.2, 0.25) is 5.02 Å². The molecule has 39 heavy (non-hydrogen) atoms. The van der Waals surface area contributed by atoms with Gasteiger partial charge in [-0.1, -0.05) is 79.4 Å². The molecule has 1 aliphatic rings. The quantitative estimate of drug-likeness (QED) is 0.263. The van der Waals surface area contributed by atoms with Crippen LogP contribution < -0.4 is 0 Å². The normalized spacial score (nSPS) is 14.9. The lowest BCUT2D eigenvalue weighted by molar-refractivity contribution is -0.135. The molecule has 3 aromatic rings. The number of sulfonamides is 1. The fourth-order valence-electron chi connectivity index (χ4n) is 5.14.